The van der Waals surface area contributed by atoms with E-state index in [2.05, 4.69) is 35.2 Å². The van der Waals surface area contributed by atoms with Crippen LogP contribution in [0.4, 0.5) is 0 Å². The van der Waals surface area contributed by atoms with Crippen molar-refractivity contribution in [1.29, 1.82) is 0 Å². The second kappa shape index (κ2) is 3.32. The summed E-state index contributed by atoms with van der Waals surface area (Å²) >= 11 is 12.3. The zero-order valence-corrected chi connectivity index (χ0v) is 9.17. The summed E-state index contributed by atoms with van der Waals surface area (Å²) in [6.45, 7) is 2.03. The molecule has 0 aliphatic heterocycles. The first-order chi connectivity index (χ1) is 4.61. The van der Waals surface area contributed by atoms with E-state index >= 15 is 0 Å². The van der Waals surface area contributed by atoms with Crippen molar-refractivity contribution in [3.05, 3.63) is 26.3 Å². The summed E-state index contributed by atoms with van der Waals surface area (Å²) in [4.78, 5) is 0.955. The molecule has 0 amide bonds. The topological polar surface area (TPSA) is 0 Å². The van der Waals surface area contributed by atoms with E-state index < -0.39 is 0 Å². The van der Waals surface area contributed by atoms with E-state index in [0.29, 0.717) is 0 Å². The maximum atomic E-state index is 5.77. The third kappa shape index (κ3) is 1.80. The van der Waals surface area contributed by atoms with E-state index in [1.807, 2.05) is 19.1 Å². The summed E-state index contributed by atoms with van der Waals surface area (Å²) < 4.78 is 1.16. The molecule has 0 radical (unpaired) electrons. The van der Waals surface area contributed by atoms with Crippen LogP contribution in [0.2, 0.25) is 5.02 Å². The van der Waals surface area contributed by atoms with Crippen LogP contribution < -0.4 is 0 Å². The van der Waals surface area contributed by atoms with Crippen LogP contribution in [0.15, 0.2) is 17.0 Å². The van der Waals surface area contributed by atoms with Crippen LogP contribution in [0.1, 0.15) is 5.56 Å². The Labute approximate surface area is 84.5 Å². The first kappa shape index (κ1) is 8.68. The molecule has 0 saturated carbocycles. The lowest BCUT2D eigenvalue weighted by Crippen LogP contribution is -1.81. The van der Waals surface area contributed by atoms with Gasteiger partial charge in [0.1, 0.15) is 0 Å². The lowest BCUT2D eigenvalue weighted by Gasteiger charge is -2.01. The van der Waals surface area contributed by atoms with Gasteiger partial charge in [-0.15, -0.1) is 12.6 Å². The van der Waals surface area contributed by atoms with Crippen molar-refractivity contribution in [3.63, 3.8) is 0 Å². The first-order valence-electron chi connectivity index (χ1n) is 2.76. The fourth-order valence-electron chi connectivity index (χ4n) is 0.632. The molecule has 0 bridgehead atoms. The summed E-state index contributed by atoms with van der Waals surface area (Å²) in [5.74, 6) is 0. The summed E-state index contributed by atoms with van der Waals surface area (Å²) in [5, 5.41) is 0.750. The van der Waals surface area contributed by atoms with Gasteiger partial charge in [-0.2, -0.15) is 0 Å². The number of benzene rings is 1. The highest BCUT2D eigenvalue weighted by molar-refractivity contribution is 14.1. The minimum absolute atomic E-state index is 0.750. The van der Waals surface area contributed by atoms with Gasteiger partial charge >= 0.3 is 0 Å². The molecule has 0 aliphatic carbocycles. The summed E-state index contributed by atoms with van der Waals surface area (Å²) in [6, 6.07) is 3.78. The first-order valence-corrected chi connectivity index (χ1v) is 4.66. The maximum absolute atomic E-state index is 5.77. The SMILES string of the molecule is Cc1c(S)cc(Cl)cc1I. The Morgan fingerprint density at radius 2 is 2.10 bits per heavy atom. The molecule has 3 heteroatoms. The number of halogens is 2. The van der Waals surface area contributed by atoms with Gasteiger partial charge in [-0.1, -0.05) is 11.6 Å². The molecule has 0 nitrogen and oxygen atoms in total. The Hall–Kier alpha value is 0.590. The molecule has 1 rings (SSSR count). The molecule has 0 heterocycles. The lowest BCUT2D eigenvalue weighted by molar-refractivity contribution is 1.28. The molecule has 0 unspecified atom stereocenters. The van der Waals surface area contributed by atoms with Crippen molar-refractivity contribution in [2.75, 3.05) is 0 Å². The molecule has 0 saturated heterocycles. The molecule has 1 aromatic carbocycles. The van der Waals surface area contributed by atoms with Gasteiger partial charge in [0.15, 0.2) is 0 Å². The van der Waals surface area contributed by atoms with E-state index in [9.17, 15) is 0 Å². The van der Waals surface area contributed by atoms with Crippen LogP contribution in [0.25, 0.3) is 0 Å². The lowest BCUT2D eigenvalue weighted by atomic mass is 10.2. The number of hydrogen-bond donors (Lipinski definition) is 1. The van der Waals surface area contributed by atoms with Gasteiger partial charge in [0, 0.05) is 13.5 Å². The molecular formula is C7H6ClIS. The Morgan fingerprint density at radius 1 is 1.50 bits per heavy atom. The van der Waals surface area contributed by atoms with Crippen molar-refractivity contribution < 1.29 is 0 Å². The summed E-state index contributed by atoms with van der Waals surface area (Å²) in [7, 11) is 0. The van der Waals surface area contributed by atoms with Crippen molar-refractivity contribution in [1.82, 2.24) is 0 Å². The van der Waals surface area contributed by atoms with E-state index in [0.717, 1.165) is 13.5 Å². The molecule has 0 N–H and O–H groups in total. The highest BCUT2D eigenvalue weighted by Gasteiger charge is 1.99. The quantitative estimate of drug-likeness (QED) is 0.547. The average Bonchev–Trinajstić information content (AvgIpc) is 1.82. The molecule has 0 aliphatic rings. The van der Waals surface area contributed by atoms with Crippen molar-refractivity contribution in [2.45, 2.75) is 11.8 Å². The molecule has 0 spiro atoms. The highest BCUT2D eigenvalue weighted by Crippen LogP contribution is 2.23. The Kier molecular flexibility index (Phi) is 2.89. The van der Waals surface area contributed by atoms with Crippen LogP contribution in [-0.2, 0) is 0 Å². The third-order valence-corrected chi connectivity index (χ3v) is 3.08. The minimum Gasteiger partial charge on any atom is -0.143 e. The average molecular weight is 285 g/mol. The van der Waals surface area contributed by atoms with Crippen LogP contribution in [0.3, 0.4) is 0 Å². The largest absolute Gasteiger partial charge is 0.143 e. The second-order valence-corrected chi connectivity index (χ2v) is 4.11. The standard InChI is InChI=1S/C7H6ClIS/c1-4-6(9)2-5(8)3-7(4)10/h2-3,10H,1H3. The van der Waals surface area contributed by atoms with Crippen LogP contribution in [0, 0.1) is 10.5 Å². The molecule has 0 fully saturated rings. The van der Waals surface area contributed by atoms with E-state index in [1.165, 1.54) is 5.56 Å². The molecule has 10 heavy (non-hydrogen) atoms. The summed E-state index contributed by atoms with van der Waals surface area (Å²) in [5.41, 5.74) is 1.19. The number of hydrogen-bond acceptors (Lipinski definition) is 1. The fourth-order valence-corrected chi connectivity index (χ4v) is 2.21. The predicted molar refractivity (Wildman–Crippen MR) is 56.2 cm³/mol. The number of rotatable bonds is 0. The molecule has 0 atom stereocenters. The Balaban J connectivity index is 3.31. The van der Waals surface area contributed by atoms with Crippen LogP contribution >= 0.6 is 46.8 Å². The van der Waals surface area contributed by atoms with Crippen molar-refractivity contribution in [3.8, 4) is 0 Å². The van der Waals surface area contributed by atoms with Gasteiger partial charge in [0.25, 0.3) is 0 Å². The Bertz CT molecular complexity index is 237. The van der Waals surface area contributed by atoms with Gasteiger partial charge in [0.2, 0.25) is 0 Å². The highest BCUT2D eigenvalue weighted by atomic mass is 127. The van der Waals surface area contributed by atoms with Crippen LogP contribution in [-0.4, -0.2) is 0 Å². The van der Waals surface area contributed by atoms with Gasteiger partial charge in [0.05, 0.1) is 0 Å². The van der Waals surface area contributed by atoms with Crippen molar-refractivity contribution in [2.24, 2.45) is 0 Å². The van der Waals surface area contributed by atoms with Crippen LogP contribution in [0.5, 0.6) is 0 Å². The minimum atomic E-state index is 0.750. The number of thiol groups is 1. The zero-order chi connectivity index (χ0) is 7.72. The van der Waals surface area contributed by atoms with Gasteiger partial charge in [-0.05, 0) is 47.2 Å². The molecule has 1 aromatic rings. The smallest absolute Gasteiger partial charge is 0.0427 e. The molecular weight excluding hydrogens is 279 g/mol. The fraction of sp³-hybridized carbons (Fsp3) is 0.143. The normalized spacial score (nSPS) is 10.0. The van der Waals surface area contributed by atoms with E-state index in [1.54, 1.807) is 0 Å². The van der Waals surface area contributed by atoms with Gasteiger partial charge in [-0.25, -0.2) is 0 Å². The van der Waals surface area contributed by atoms with Gasteiger partial charge < -0.3 is 0 Å². The third-order valence-electron chi connectivity index (χ3n) is 1.28. The summed E-state index contributed by atoms with van der Waals surface area (Å²) in [6.07, 6.45) is 0. The van der Waals surface area contributed by atoms with E-state index in [-0.39, 0.29) is 0 Å². The predicted octanol–water partition coefficient (Wildman–Crippen LogP) is 3.54. The maximum Gasteiger partial charge on any atom is 0.0427 e. The Morgan fingerprint density at radius 3 is 2.60 bits per heavy atom. The molecule has 0 aromatic heterocycles. The van der Waals surface area contributed by atoms with Gasteiger partial charge in [-0.3, -0.25) is 0 Å². The molecule has 54 valence electrons. The second-order valence-electron chi connectivity index (χ2n) is 2.03. The van der Waals surface area contributed by atoms with E-state index in [4.69, 9.17) is 11.6 Å². The zero-order valence-electron chi connectivity index (χ0n) is 5.36. The van der Waals surface area contributed by atoms with Crippen molar-refractivity contribution >= 4 is 46.8 Å². The monoisotopic (exact) mass is 284 g/mol.